The molecular weight excluding hydrogens is 342 g/mol. The largest absolute Gasteiger partial charge is 0.294 e. The molecular formula is C22H17NO2S. The molecule has 4 rings (SSSR count). The first-order valence-corrected chi connectivity index (χ1v) is 9.34. The van der Waals surface area contributed by atoms with Crippen molar-refractivity contribution in [3.05, 3.63) is 94.7 Å². The number of ketones is 1. The topological polar surface area (TPSA) is 37.4 Å². The Labute approximate surface area is 156 Å². The van der Waals surface area contributed by atoms with Gasteiger partial charge in [0.15, 0.2) is 5.78 Å². The third-order valence-corrected chi connectivity index (χ3v) is 5.34. The van der Waals surface area contributed by atoms with E-state index in [1.54, 1.807) is 11.0 Å². The molecule has 0 bridgehead atoms. The van der Waals surface area contributed by atoms with Crippen molar-refractivity contribution in [2.45, 2.75) is 6.42 Å². The molecule has 0 saturated heterocycles. The van der Waals surface area contributed by atoms with Gasteiger partial charge in [0.1, 0.15) is 5.92 Å². The molecule has 2 aromatic carbocycles. The summed E-state index contributed by atoms with van der Waals surface area (Å²) in [7, 11) is 0. The van der Waals surface area contributed by atoms with Crippen LogP contribution in [0.25, 0.3) is 5.70 Å². The van der Waals surface area contributed by atoms with E-state index in [0.717, 1.165) is 16.1 Å². The van der Waals surface area contributed by atoms with Crippen molar-refractivity contribution in [2.24, 2.45) is 5.92 Å². The molecule has 0 spiro atoms. The van der Waals surface area contributed by atoms with E-state index in [0.29, 0.717) is 12.1 Å². The molecule has 1 aliphatic rings. The lowest BCUT2D eigenvalue weighted by molar-refractivity contribution is -0.130. The van der Waals surface area contributed by atoms with Gasteiger partial charge in [-0.15, -0.1) is 11.3 Å². The van der Waals surface area contributed by atoms with Crippen molar-refractivity contribution in [3.8, 4) is 0 Å². The third kappa shape index (κ3) is 3.11. The Bertz CT molecular complexity index is 946. The van der Waals surface area contributed by atoms with E-state index in [1.165, 1.54) is 11.3 Å². The van der Waals surface area contributed by atoms with Gasteiger partial charge in [-0.2, -0.15) is 0 Å². The van der Waals surface area contributed by atoms with Crippen molar-refractivity contribution in [1.82, 2.24) is 0 Å². The van der Waals surface area contributed by atoms with Gasteiger partial charge in [0.05, 0.1) is 10.6 Å². The fourth-order valence-corrected chi connectivity index (χ4v) is 3.91. The molecule has 1 amide bonds. The number of benzene rings is 2. The van der Waals surface area contributed by atoms with Gasteiger partial charge in [-0.3, -0.25) is 14.5 Å². The van der Waals surface area contributed by atoms with Crippen LogP contribution in [0.5, 0.6) is 0 Å². The minimum absolute atomic E-state index is 0.130. The Morgan fingerprint density at radius 2 is 1.54 bits per heavy atom. The number of rotatable bonds is 4. The summed E-state index contributed by atoms with van der Waals surface area (Å²) in [6.07, 6.45) is 2.03. The van der Waals surface area contributed by atoms with Crippen molar-refractivity contribution >= 4 is 34.4 Å². The summed E-state index contributed by atoms with van der Waals surface area (Å²) >= 11 is 1.52. The van der Waals surface area contributed by atoms with Crippen molar-refractivity contribution in [2.75, 3.05) is 4.90 Å². The zero-order valence-corrected chi connectivity index (χ0v) is 14.9. The lowest BCUT2D eigenvalue weighted by Gasteiger charge is -2.32. The minimum atomic E-state index is -0.693. The third-order valence-electron chi connectivity index (χ3n) is 4.45. The molecule has 26 heavy (non-hydrogen) atoms. The van der Waals surface area contributed by atoms with E-state index in [9.17, 15) is 9.59 Å². The second kappa shape index (κ2) is 7.10. The quantitative estimate of drug-likeness (QED) is 0.640. The second-order valence-electron chi connectivity index (χ2n) is 6.16. The number of amides is 1. The maximum atomic E-state index is 13.3. The summed E-state index contributed by atoms with van der Waals surface area (Å²) in [6, 6.07) is 23.1. The number of carbonyl (C=O) groups is 2. The van der Waals surface area contributed by atoms with Crippen molar-refractivity contribution in [1.29, 1.82) is 0 Å². The van der Waals surface area contributed by atoms with E-state index in [4.69, 9.17) is 0 Å². The zero-order chi connectivity index (χ0) is 17.9. The molecule has 1 aromatic heterocycles. The van der Waals surface area contributed by atoms with E-state index >= 15 is 0 Å². The van der Waals surface area contributed by atoms with Crippen LogP contribution in [0, 0.1) is 5.92 Å². The summed E-state index contributed by atoms with van der Waals surface area (Å²) in [6.45, 7) is 0. The fourth-order valence-electron chi connectivity index (χ4n) is 3.18. The molecule has 0 aliphatic carbocycles. The predicted octanol–water partition coefficient (Wildman–Crippen LogP) is 4.56. The van der Waals surface area contributed by atoms with Crippen LogP contribution < -0.4 is 4.90 Å². The summed E-state index contributed by atoms with van der Waals surface area (Å²) in [5, 5.41) is 1.95. The Morgan fingerprint density at radius 3 is 2.19 bits per heavy atom. The number of carbonyl (C=O) groups excluding carboxylic acids is 2. The van der Waals surface area contributed by atoms with Crippen LogP contribution in [0.2, 0.25) is 0 Å². The van der Waals surface area contributed by atoms with Gasteiger partial charge >= 0.3 is 0 Å². The van der Waals surface area contributed by atoms with Gasteiger partial charge in [0.25, 0.3) is 0 Å². The van der Waals surface area contributed by atoms with Crippen molar-refractivity contribution < 1.29 is 9.59 Å². The highest BCUT2D eigenvalue weighted by molar-refractivity contribution is 7.11. The van der Waals surface area contributed by atoms with Gasteiger partial charge in [0.2, 0.25) is 5.91 Å². The number of allylic oxidation sites excluding steroid dienone is 1. The van der Waals surface area contributed by atoms with Crippen LogP contribution in [0.4, 0.5) is 5.69 Å². The van der Waals surface area contributed by atoms with E-state index in [-0.39, 0.29) is 11.7 Å². The van der Waals surface area contributed by atoms with Crippen LogP contribution in [-0.4, -0.2) is 11.7 Å². The van der Waals surface area contributed by atoms with Crippen LogP contribution in [0.1, 0.15) is 10.4 Å². The molecule has 1 unspecified atom stereocenters. The molecule has 128 valence electrons. The Balaban J connectivity index is 1.77. The average Bonchev–Trinajstić information content (AvgIpc) is 3.21. The van der Waals surface area contributed by atoms with Crippen LogP contribution in [0.3, 0.4) is 0 Å². The maximum Gasteiger partial charge on any atom is 0.242 e. The summed E-state index contributed by atoms with van der Waals surface area (Å²) in [5.41, 5.74) is 2.42. The number of nitrogens with zero attached hydrogens (tertiary/aromatic N) is 1. The standard InChI is InChI=1S/C22H17NO2S/c24-20-15-19(21-12-7-13-26-21)23(17-10-5-2-6-11-17)22(25)18(20)14-16-8-3-1-4-9-16/h1-13,15,18H,14H2. The monoisotopic (exact) mass is 359 g/mol. The smallest absolute Gasteiger partial charge is 0.242 e. The normalized spacial score (nSPS) is 17.3. The van der Waals surface area contributed by atoms with Crippen molar-refractivity contribution in [3.63, 3.8) is 0 Å². The summed E-state index contributed by atoms with van der Waals surface area (Å²) < 4.78 is 0. The van der Waals surface area contributed by atoms with Crippen LogP contribution >= 0.6 is 11.3 Å². The van der Waals surface area contributed by atoms with Crippen LogP contribution in [0.15, 0.2) is 84.3 Å². The first-order valence-electron chi connectivity index (χ1n) is 8.46. The minimum Gasteiger partial charge on any atom is -0.294 e. The average molecular weight is 359 g/mol. The highest BCUT2D eigenvalue weighted by Gasteiger charge is 2.37. The highest BCUT2D eigenvalue weighted by Crippen LogP contribution is 2.34. The number of para-hydroxylation sites is 1. The summed E-state index contributed by atoms with van der Waals surface area (Å²) in [4.78, 5) is 28.7. The van der Waals surface area contributed by atoms with Gasteiger partial charge < -0.3 is 0 Å². The van der Waals surface area contributed by atoms with E-state index in [2.05, 4.69) is 0 Å². The highest BCUT2D eigenvalue weighted by atomic mass is 32.1. The van der Waals surface area contributed by atoms with E-state index < -0.39 is 5.92 Å². The summed E-state index contributed by atoms with van der Waals surface area (Å²) in [5.74, 6) is -0.994. The molecule has 3 nitrogen and oxygen atoms in total. The molecule has 0 fully saturated rings. The molecule has 0 N–H and O–H groups in total. The second-order valence-corrected chi connectivity index (χ2v) is 7.11. The molecule has 0 radical (unpaired) electrons. The molecule has 0 saturated carbocycles. The number of hydrogen-bond acceptors (Lipinski definition) is 3. The lowest BCUT2D eigenvalue weighted by Crippen LogP contribution is -2.43. The van der Waals surface area contributed by atoms with Gasteiger partial charge in [-0.1, -0.05) is 54.6 Å². The zero-order valence-electron chi connectivity index (χ0n) is 14.0. The molecule has 4 heteroatoms. The van der Waals surface area contributed by atoms with E-state index in [1.807, 2.05) is 78.2 Å². The number of thiophene rings is 1. The number of hydrogen-bond donors (Lipinski definition) is 0. The fraction of sp³-hybridized carbons (Fsp3) is 0.0909. The van der Waals surface area contributed by atoms with Gasteiger partial charge in [-0.05, 0) is 35.6 Å². The molecule has 1 aliphatic heterocycles. The molecule has 2 heterocycles. The SMILES string of the molecule is O=C1C=C(c2cccs2)N(c2ccccc2)C(=O)C1Cc1ccccc1. The predicted molar refractivity (Wildman–Crippen MR) is 105 cm³/mol. The van der Waals surface area contributed by atoms with Crippen LogP contribution in [-0.2, 0) is 16.0 Å². The maximum absolute atomic E-state index is 13.3. The molecule has 3 aromatic rings. The Kier molecular flexibility index (Phi) is 4.50. The molecule has 1 atom stereocenters. The first-order chi connectivity index (χ1) is 12.7. The lowest BCUT2D eigenvalue weighted by atomic mass is 9.89. The Morgan fingerprint density at radius 1 is 0.846 bits per heavy atom. The van der Waals surface area contributed by atoms with Gasteiger partial charge in [-0.25, -0.2) is 0 Å². The Hall–Kier alpha value is -2.98. The van der Waals surface area contributed by atoms with Gasteiger partial charge in [0, 0.05) is 11.8 Å². The first kappa shape index (κ1) is 16.5. The number of anilines is 1.